The van der Waals surface area contributed by atoms with Gasteiger partial charge < -0.3 is 10.6 Å². The van der Waals surface area contributed by atoms with E-state index >= 15 is 0 Å². The van der Waals surface area contributed by atoms with E-state index in [1.807, 2.05) is 31.6 Å². The molecule has 1 aromatic rings. The molecule has 0 aromatic carbocycles. The smallest absolute Gasteiger partial charge is 0.319 e. The van der Waals surface area contributed by atoms with E-state index in [0.29, 0.717) is 0 Å². The number of allylic oxidation sites excluding steroid dienone is 1. The van der Waals surface area contributed by atoms with Crippen molar-refractivity contribution in [1.29, 1.82) is 0 Å². The zero-order valence-electron chi connectivity index (χ0n) is 12.6. The molecule has 2 N–H and O–H groups in total. The number of urea groups is 1. The zero-order chi connectivity index (χ0) is 14.5. The normalized spacial score (nSPS) is 16.4. The van der Waals surface area contributed by atoms with E-state index in [0.717, 1.165) is 30.8 Å². The summed E-state index contributed by atoms with van der Waals surface area (Å²) in [5.41, 5.74) is 2.95. The minimum atomic E-state index is -0.164. The monoisotopic (exact) mass is 276 g/mol. The Morgan fingerprint density at radius 1 is 1.50 bits per heavy atom. The van der Waals surface area contributed by atoms with Crippen LogP contribution in [0.25, 0.3) is 0 Å². The first-order valence-electron chi connectivity index (χ1n) is 7.40. The molecule has 20 heavy (non-hydrogen) atoms. The van der Waals surface area contributed by atoms with E-state index in [1.54, 1.807) is 0 Å². The van der Waals surface area contributed by atoms with Crippen molar-refractivity contribution < 1.29 is 4.79 Å². The molecule has 5 heteroatoms. The van der Waals surface area contributed by atoms with Gasteiger partial charge in [0.05, 0.1) is 11.4 Å². The Kier molecular flexibility index (Phi) is 4.82. The summed E-state index contributed by atoms with van der Waals surface area (Å²) < 4.78 is 1.82. The third-order valence-corrected chi connectivity index (χ3v) is 3.75. The van der Waals surface area contributed by atoms with E-state index in [4.69, 9.17) is 0 Å². The number of anilines is 1. The van der Waals surface area contributed by atoms with Crippen molar-refractivity contribution in [2.24, 2.45) is 0 Å². The van der Waals surface area contributed by atoms with Crippen molar-refractivity contribution in [3.63, 3.8) is 0 Å². The van der Waals surface area contributed by atoms with Crippen LogP contribution < -0.4 is 10.6 Å². The van der Waals surface area contributed by atoms with Gasteiger partial charge >= 0.3 is 6.03 Å². The standard InChI is InChI=1S/C15H24N4O/c1-4-19-10-14(12(3)18-19)17-15(20)16-11(2)13-8-6-5-7-9-13/h8,10-11H,4-7,9H2,1-3H3,(H2,16,17,20)/t11-/m1/s1. The van der Waals surface area contributed by atoms with Gasteiger partial charge in [0, 0.05) is 18.8 Å². The van der Waals surface area contributed by atoms with Crippen LogP contribution in [0.5, 0.6) is 0 Å². The first kappa shape index (κ1) is 14.6. The number of hydrogen-bond donors (Lipinski definition) is 2. The van der Waals surface area contributed by atoms with Gasteiger partial charge in [-0.05, 0) is 46.5 Å². The number of aromatic nitrogens is 2. The lowest BCUT2D eigenvalue weighted by molar-refractivity contribution is 0.250. The average Bonchev–Trinajstić information content (AvgIpc) is 2.80. The van der Waals surface area contributed by atoms with Crippen molar-refractivity contribution >= 4 is 11.7 Å². The molecule has 0 aliphatic heterocycles. The van der Waals surface area contributed by atoms with Gasteiger partial charge in [-0.2, -0.15) is 5.10 Å². The molecule has 0 bridgehead atoms. The maximum atomic E-state index is 12.0. The van der Waals surface area contributed by atoms with E-state index < -0.39 is 0 Å². The molecule has 0 unspecified atom stereocenters. The summed E-state index contributed by atoms with van der Waals surface area (Å²) >= 11 is 0. The molecular formula is C15H24N4O. The number of aryl methyl sites for hydroxylation is 2. The van der Waals surface area contributed by atoms with Crippen molar-refractivity contribution in [3.8, 4) is 0 Å². The number of nitrogens with zero attached hydrogens (tertiary/aromatic N) is 2. The molecule has 1 aromatic heterocycles. The summed E-state index contributed by atoms with van der Waals surface area (Å²) in [5.74, 6) is 0. The molecule has 2 rings (SSSR count). The molecule has 0 spiro atoms. The average molecular weight is 276 g/mol. The Labute approximate surface area is 120 Å². The Balaban J connectivity index is 1.91. The highest BCUT2D eigenvalue weighted by Gasteiger charge is 2.15. The lowest BCUT2D eigenvalue weighted by atomic mass is 9.95. The molecule has 2 amide bonds. The van der Waals surface area contributed by atoms with E-state index in [1.165, 1.54) is 18.4 Å². The van der Waals surface area contributed by atoms with Crippen LogP contribution in [0, 0.1) is 6.92 Å². The van der Waals surface area contributed by atoms with Crippen LogP contribution in [0.2, 0.25) is 0 Å². The highest BCUT2D eigenvalue weighted by atomic mass is 16.2. The molecule has 0 saturated heterocycles. The summed E-state index contributed by atoms with van der Waals surface area (Å²) in [5, 5.41) is 10.2. The third kappa shape index (κ3) is 3.62. The van der Waals surface area contributed by atoms with Crippen LogP contribution >= 0.6 is 0 Å². The lowest BCUT2D eigenvalue weighted by Gasteiger charge is -2.20. The van der Waals surface area contributed by atoms with Crippen molar-refractivity contribution in [2.75, 3.05) is 5.32 Å². The molecule has 1 heterocycles. The van der Waals surface area contributed by atoms with Crippen molar-refractivity contribution in [3.05, 3.63) is 23.5 Å². The number of amides is 2. The fourth-order valence-electron chi connectivity index (χ4n) is 2.51. The van der Waals surface area contributed by atoms with Crippen LogP contribution in [0.1, 0.15) is 45.2 Å². The van der Waals surface area contributed by atoms with Gasteiger partial charge in [-0.15, -0.1) is 0 Å². The van der Waals surface area contributed by atoms with Crippen LogP contribution in [0.4, 0.5) is 10.5 Å². The van der Waals surface area contributed by atoms with Crippen LogP contribution in [0.15, 0.2) is 17.8 Å². The molecule has 0 fully saturated rings. The molecule has 1 aliphatic rings. The first-order valence-corrected chi connectivity index (χ1v) is 7.40. The number of nitrogens with one attached hydrogen (secondary N) is 2. The highest BCUT2D eigenvalue weighted by molar-refractivity contribution is 5.90. The SMILES string of the molecule is CCn1cc(NC(=O)N[C@H](C)C2=CCCCC2)c(C)n1. The second-order valence-electron chi connectivity index (χ2n) is 5.33. The van der Waals surface area contributed by atoms with Crippen molar-refractivity contribution in [2.45, 2.75) is 59.0 Å². The second kappa shape index (κ2) is 6.59. The van der Waals surface area contributed by atoms with Gasteiger partial charge in [0.1, 0.15) is 0 Å². The van der Waals surface area contributed by atoms with Gasteiger partial charge in [0.2, 0.25) is 0 Å². The Bertz CT molecular complexity index is 504. The quantitative estimate of drug-likeness (QED) is 0.829. The van der Waals surface area contributed by atoms with E-state index in [9.17, 15) is 4.79 Å². The highest BCUT2D eigenvalue weighted by Crippen LogP contribution is 2.20. The van der Waals surface area contributed by atoms with Gasteiger partial charge in [-0.25, -0.2) is 4.79 Å². The minimum absolute atomic E-state index is 0.0943. The Hall–Kier alpha value is -1.78. The predicted octanol–water partition coefficient (Wildman–Crippen LogP) is 3.22. The van der Waals surface area contributed by atoms with Gasteiger partial charge in [0.25, 0.3) is 0 Å². The van der Waals surface area contributed by atoms with E-state index in [2.05, 4.69) is 21.8 Å². The Morgan fingerprint density at radius 2 is 2.30 bits per heavy atom. The van der Waals surface area contributed by atoms with Crippen LogP contribution in [0.3, 0.4) is 0 Å². The molecule has 0 saturated carbocycles. The lowest BCUT2D eigenvalue weighted by Crippen LogP contribution is -2.37. The van der Waals surface area contributed by atoms with Crippen LogP contribution in [-0.2, 0) is 6.54 Å². The van der Waals surface area contributed by atoms with Gasteiger partial charge in [0.15, 0.2) is 0 Å². The fraction of sp³-hybridized carbons (Fsp3) is 0.600. The van der Waals surface area contributed by atoms with E-state index in [-0.39, 0.29) is 12.1 Å². The summed E-state index contributed by atoms with van der Waals surface area (Å²) in [4.78, 5) is 12.0. The largest absolute Gasteiger partial charge is 0.332 e. The summed E-state index contributed by atoms with van der Waals surface area (Å²) in [6.45, 7) is 6.76. The number of hydrogen-bond acceptors (Lipinski definition) is 2. The molecular weight excluding hydrogens is 252 g/mol. The fourth-order valence-corrected chi connectivity index (χ4v) is 2.51. The molecule has 0 radical (unpaired) electrons. The summed E-state index contributed by atoms with van der Waals surface area (Å²) in [6, 6.07) is -0.0699. The van der Waals surface area contributed by atoms with Crippen molar-refractivity contribution in [1.82, 2.24) is 15.1 Å². The third-order valence-electron chi connectivity index (χ3n) is 3.75. The minimum Gasteiger partial charge on any atom is -0.332 e. The summed E-state index contributed by atoms with van der Waals surface area (Å²) in [7, 11) is 0. The predicted molar refractivity (Wildman–Crippen MR) is 80.8 cm³/mol. The zero-order valence-corrected chi connectivity index (χ0v) is 12.6. The first-order chi connectivity index (χ1) is 9.60. The molecule has 1 atom stereocenters. The number of rotatable bonds is 4. The maximum absolute atomic E-state index is 12.0. The maximum Gasteiger partial charge on any atom is 0.319 e. The number of carbonyl (C=O) groups excluding carboxylic acids is 1. The molecule has 1 aliphatic carbocycles. The topological polar surface area (TPSA) is 59.0 Å². The second-order valence-corrected chi connectivity index (χ2v) is 5.33. The Morgan fingerprint density at radius 3 is 2.90 bits per heavy atom. The van der Waals surface area contributed by atoms with Crippen LogP contribution in [-0.4, -0.2) is 21.9 Å². The number of carbonyl (C=O) groups is 1. The van der Waals surface area contributed by atoms with Gasteiger partial charge in [-0.3, -0.25) is 4.68 Å². The molecule has 5 nitrogen and oxygen atoms in total. The summed E-state index contributed by atoms with van der Waals surface area (Å²) in [6.07, 6.45) is 8.83. The van der Waals surface area contributed by atoms with Gasteiger partial charge in [-0.1, -0.05) is 11.6 Å². The molecule has 110 valence electrons.